The van der Waals surface area contributed by atoms with Crippen LogP contribution in [-0.4, -0.2) is 6.71 Å². The van der Waals surface area contributed by atoms with E-state index in [2.05, 4.69) is 167 Å². The fourth-order valence-electron chi connectivity index (χ4n) is 7.82. The molecule has 0 atom stereocenters. The molecule has 7 aromatic rings. The van der Waals surface area contributed by atoms with Crippen LogP contribution in [0.25, 0.3) is 21.9 Å². The molecule has 0 N–H and O–H groups in total. The number of nitrogens with zero attached hydrogens (tertiary/aromatic N) is 2. The second kappa shape index (κ2) is 9.68. The van der Waals surface area contributed by atoms with Gasteiger partial charge in [0.25, 0.3) is 0 Å². The van der Waals surface area contributed by atoms with E-state index >= 15 is 0 Å². The number of para-hydroxylation sites is 4. The number of hydrogen-bond donors (Lipinski definition) is 0. The van der Waals surface area contributed by atoms with Crippen LogP contribution in [0.4, 0.5) is 34.1 Å². The molecule has 5 heteroatoms. The number of benzene rings is 5. The van der Waals surface area contributed by atoms with E-state index in [4.69, 9.17) is 8.83 Å². The first-order valence-electron chi connectivity index (χ1n) is 16.6. The first kappa shape index (κ1) is 28.1. The normalized spacial score (nSPS) is 14.0. The first-order valence-corrected chi connectivity index (χ1v) is 16.6. The van der Waals surface area contributed by atoms with Crippen LogP contribution in [0.3, 0.4) is 0 Å². The van der Waals surface area contributed by atoms with Gasteiger partial charge >= 0.3 is 6.71 Å². The molecule has 0 aliphatic carbocycles. The Balaban J connectivity index is 1.45. The van der Waals surface area contributed by atoms with Crippen LogP contribution < -0.4 is 26.6 Å². The average Bonchev–Trinajstić information content (AvgIpc) is 3.63. The highest BCUT2D eigenvalue weighted by atomic mass is 16.3. The van der Waals surface area contributed by atoms with Crippen LogP contribution in [0, 0.1) is 0 Å². The molecule has 0 fully saturated rings. The lowest BCUT2D eigenvalue weighted by molar-refractivity contribution is 0.566. The van der Waals surface area contributed by atoms with Gasteiger partial charge in [0, 0.05) is 44.6 Å². The first-order chi connectivity index (χ1) is 22.6. The van der Waals surface area contributed by atoms with Crippen molar-refractivity contribution in [1.29, 1.82) is 0 Å². The standard InChI is InChI=1S/C42H37BN2O2/c1-41(2,3)30-22-13-20-28-35-39(46-37(28)30)43-34-32(44(35)26-16-9-7-10-17-26)24-15-25-33(34)45(27-18-11-8-12-19-27)36-29-21-14-23-31(42(4,5)6)38(29)47-40(36)43/h7-25H,1-6H3. The Morgan fingerprint density at radius 2 is 0.872 bits per heavy atom. The van der Waals surface area contributed by atoms with Crippen LogP contribution in [0.2, 0.25) is 0 Å². The summed E-state index contributed by atoms with van der Waals surface area (Å²) in [6.45, 7) is 13.3. The highest BCUT2D eigenvalue weighted by molar-refractivity contribution is 6.99. The molecule has 2 aliphatic rings. The third-order valence-electron chi connectivity index (χ3n) is 9.88. The maximum absolute atomic E-state index is 7.22. The van der Waals surface area contributed by atoms with Crippen molar-refractivity contribution in [3.8, 4) is 0 Å². The molecule has 0 saturated heterocycles. The number of anilines is 6. The zero-order chi connectivity index (χ0) is 32.2. The van der Waals surface area contributed by atoms with Gasteiger partial charge in [-0.1, -0.05) is 108 Å². The zero-order valence-electron chi connectivity index (χ0n) is 27.8. The minimum Gasteiger partial charge on any atom is -0.468 e. The molecule has 0 radical (unpaired) electrons. The van der Waals surface area contributed by atoms with Crippen molar-refractivity contribution >= 4 is 79.6 Å². The largest absolute Gasteiger partial charge is 0.468 e. The molecule has 4 heterocycles. The Hall–Kier alpha value is -5.16. The van der Waals surface area contributed by atoms with Crippen molar-refractivity contribution in [2.75, 3.05) is 9.80 Å². The van der Waals surface area contributed by atoms with E-state index in [0.29, 0.717) is 0 Å². The SMILES string of the molecule is CC(C)(C)c1cccc2c3c(oc12)B1c2oc4c(C(C)(C)C)cccc4c2N(c2ccccc2)c2cccc(c21)N3c1ccccc1. The molecule has 5 aromatic carbocycles. The van der Waals surface area contributed by atoms with E-state index < -0.39 is 0 Å². The molecule has 47 heavy (non-hydrogen) atoms. The lowest BCUT2D eigenvalue weighted by Gasteiger charge is -2.40. The van der Waals surface area contributed by atoms with Gasteiger partial charge in [-0.3, -0.25) is 0 Å². The van der Waals surface area contributed by atoms with Crippen LogP contribution >= 0.6 is 0 Å². The minimum absolute atomic E-state index is 0.0989. The summed E-state index contributed by atoms with van der Waals surface area (Å²) in [5, 5.41) is 2.23. The summed E-state index contributed by atoms with van der Waals surface area (Å²) in [6, 6.07) is 41.3. The third kappa shape index (κ3) is 3.95. The maximum atomic E-state index is 7.22. The zero-order valence-corrected chi connectivity index (χ0v) is 27.8. The second-order valence-electron chi connectivity index (χ2n) is 15.0. The number of fused-ring (bicyclic) bond motifs is 8. The van der Waals surface area contributed by atoms with Gasteiger partial charge in [-0.2, -0.15) is 0 Å². The Morgan fingerprint density at radius 3 is 1.28 bits per heavy atom. The summed E-state index contributed by atoms with van der Waals surface area (Å²) in [5.41, 5.74) is 13.8. The average molecular weight is 613 g/mol. The summed E-state index contributed by atoms with van der Waals surface area (Å²) >= 11 is 0. The van der Waals surface area contributed by atoms with Gasteiger partial charge in [0.2, 0.25) is 0 Å². The molecule has 0 amide bonds. The van der Waals surface area contributed by atoms with Gasteiger partial charge in [0.05, 0.1) is 11.4 Å². The topological polar surface area (TPSA) is 32.8 Å². The molecule has 4 nitrogen and oxygen atoms in total. The van der Waals surface area contributed by atoms with Gasteiger partial charge in [-0.15, -0.1) is 0 Å². The van der Waals surface area contributed by atoms with Gasteiger partial charge in [0.15, 0.2) is 0 Å². The molecule has 0 unspecified atom stereocenters. The van der Waals surface area contributed by atoms with Crippen LogP contribution in [0.15, 0.2) is 124 Å². The lowest BCUT2D eigenvalue weighted by atomic mass is 9.37. The second-order valence-corrected chi connectivity index (χ2v) is 15.0. The highest BCUT2D eigenvalue weighted by Gasteiger charge is 2.50. The summed E-state index contributed by atoms with van der Waals surface area (Å²) in [5.74, 6) is 0. The molecule has 0 saturated carbocycles. The Bertz CT molecular complexity index is 2180. The van der Waals surface area contributed by atoms with Crippen molar-refractivity contribution in [2.45, 2.75) is 52.4 Å². The molecule has 230 valence electrons. The van der Waals surface area contributed by atoms with Gasteiger partial charge in [-0.25, -0.2) is 0 Å². The summed E-state index contributed by atoms with van der Waals surface area (Å²) in [6.07, 6.45) is 0. The highest BCUT2D eigenvalue weighted by Crippen LogP contribution is 2.49. The van der Waals surface area contributed by atoms with Gasteiger partial charge in [0.1, 0.15) is 22.5 Å². The fourth-order valence-corrected chi connectivity index (χ4v) is 7.82. The monoisotopic (exact) mass is 612 g/mol. The van der Waals surface area contributed by atoms with Crippen LogP contribution in [0.5, 0.6) is 0 Å². The summed E-state index contributed by atoms with van der Waals surface area (Å²) < 4.78 is 14.4. The third-order valence-corrected chi connectivity index (χ3v) is 9.88. The molecule has 0 bridgehead atoms. The fraction of sp³-hybridized carbons (Fsp3) is 0.190. The molecular weight excluding hydrogens is 575 g/mol. The minimum atomic E-state index is -0.230. The molecular formula is C42H37BN2O2. The van der Waals surface area contributed by atoms with E-state index in [1.165, 1.54) is 16.6 Å². The van der Waals surface area contributed by atoms with Gasteiger partial charge in [-0.05, 0) is 64.8 Å². The van der Waals surface area contributed by atoms with E-state index in [0.717, 1.165) is 67.4 Å². The van der Waals surface area contributed by atoms with E-state index in [-0.39, 0.29) is 17.5 Å². The van der Waals surface area contributed by atoms with E-state index in [1.807, 2.05) is 0 Å². The van der Waals surface area contributed by atoms with Crippen LogP contribution in [-0.2, 0) is 10.8 Å². The van der Waals surface area contributed by atoms with Crippen molar-refractivity contribution in [1.82, 2.24) is 0 Å². The molecule has 2 aliphatic heterocycles. The van der Waals surface area contributed by atoms with Gasteiger partial charge < -0.3 is 18.6 Å². The Morgan fingerprint density at radius 1 is 0.468 bits per heavy atom. The molecule has 2 aromatic heterocycles. The van der Waals surface area contributed by atoms with E-state index in [1.54, 1.807) is 0 Å². The quantitative estimate of drug-likeness (QED) is 0.182. The number of furan rings is 2. The van der Waals surface area contributed by atoms with Crippen molar-refractivity contribution in [3.63, 3.8) is 0 Å². The van der Waals surface area contributed by atoms with E-state index in [9.17, 15) is 0 Å². The Kier molecular flexibility index (Phi) is 5.79. The lowest BCUT2D eigenvalue weighted by Crippen LogP contribution is -2.60. The van der Waals surface area contributed by atoms with Crippen LogP contribution in [0.1, 0.15) is 52.7 Å². The Labute approximate surface area is 276 Å². The maximum Gasteiger partial charge on any atom is 0.342 e. The molecule has 0 spiro atoms. The predicted octanol–water partition coefficient (Wildman–Crippen LogP) is 9.86. The van der Waals surface area contributed by atoms with Crippen molar-refractivity contribution < 1.29 is 8.83 Å². The number of hydrogen-bond acceptors (Lipinski definition) is 4. The smallest absolute Gasteiger partial charge is 0.342 e. The van der Waals surface area contributed by atoms with Crippen molar-refractivity contribution in [2.24, 2.45) is 0 Å². The summed E-state index contributed by atoms with van der Waals surface area (Å²) in [7, 11) is 0. The number of rotatable bonds is 2. The molecule has 9 rings (SSSR count). The van der Waals surface area contributed by atoms with Crippen molar-refractivity contribution in [3.05, 3.63) is 126 Å². The summed E-state index contributed by atoms with van der Waals surface area (Å²) in [4.78, 5) is 4.81. The predicted molar refractivity (Wildman–Crippen MR) is 197 cm³/mol.